The number of carbonyl (C=O) groups excluding carboxylic acids is 1. The lowest BCUT2D eigenvalue weighted by Crippen LogP contribution is -2.12. The van der Waals surface area contributed by atoms with Gasteiger partial charge in [0.1, 0.15) is 10.7 Å². The molecule has 0 bridgehead atoms. The highest BCUT2D eigenvalue weighted by atomic mass is 32.2. The van der Waals surface area contributed by atoms with Gasteiger partial charge in [0.15, 0.2) is 5.78 Å². The van der Waals surface area contributed by atoms with Crippen LogP contribution in [0.25, 0.3) is 10.2 Å². The summed E-state index contributed by atoms with van der Waals surface area (Å²) in [5.41, 5.74) is 0.498. The highest BCUT2D eigenvalue weighted by Crippen LogP contribution is 2.32. The van der Waals surface area contributed by atoms with Crippen LogP contribution in [0.1, 0.15) is 59.7 Å². The van der Waals surface area contributed by atoms with Crippen molar-refractivity contribution in [3.63, 3.8) is 0 Å². The highest BCUT2D eigenvalue weighted by molar-refractivity contribution is 7.98. The second-order valence-electron chi connectivity index (χ2n) is 6.44. The lowest BCUT2D eigenvalue weighted by Gasteiger charge is -2.10. The van der Waals surface area contributed by atoms with E-state index in [1.54, 1.807) is 6.92 Å². The van der Waals surface area contributed by atoms with E-state index in [9.17, 15) is 9.59 Å². The van der Waals surface area contributed by atoms with E-state index in [0.717, 1.165) is 18.0 Å². The van der Waals surface area contributed by atoms with Gasteiger partial charge in [-0.15, -0.1) is 16.4 Å². The smallest absolute Gasteiger partial charge is 0.259 e. The molecule has 8 nitrogen and oxygen atoms in total. The van der Waals surface area contributed by atoms with Crippen molar-refractivity contribution in [1.82, 2.24) is 30.2 Å². The van der Waals surface area contributed by atoms with Gasteiger partial charge in [-0.3, -0.25) is 9.59 Å². The van der Waals surface area contributed by atoms with Crippen molar-refractivity contribution in [2.75, 3.05) is 0 Å². The maximum Gasteiger partial charge on any atom is 0.259 e. The van der Waals surface area contributed by atoms with E-state index in [2.05, 4.69) is 25.5 Å². The van der Waals surface area contributed by atoms with Crippen LogP contribution in [-0.2, 0) is 5.75 Å². The van der Waals surface area contributed by atoms with Gasteiger partial charge in [0, 0.05) is 0 Å². The molecule has 0 radical (unpaired) electrons. The van der Waals surface area contributed by atoms with Crippen molar-refractivity contribution in [1.29, 1.82) is 0 Å². The van der Waals surface area contributed by atoms with E-state index in [4.69, 9.17) is 0 Å². The molecule has 3 aromatic rings. The number of carbonyl (C=O) groups is 1. The Labute approximate surface area is 157 Å². The Kier molecular flexibility index (Phi) is 4.62. The second-order valence-corrected chi connectivity index (χ2v) is 8.38. The number of aryl methyl sites for hydroxylation is 1. The Bertz CT molecular complexity index is 1030. The van der Waals surface area contributed by atoms with Crippen LogP contribution in [0.4, 0.5) is 0 Å². The lowest BCUT2D eigenvalue weighted by atomic mass is 10.2. The van der Waals surface area contributed by atoms with Gasteiger partial charge in [-0.25, -0.2) is 9.67 Å². The van der Waals surface area contributed by atoms with E-state index in [1.165, 1.54) is 42.9 Å². The van der Waals surface area contributed by atoms with E-state index in [1.807, 2.05) is 4.68 Å². The van der Waals surface area contributed by atoms with Gasteiger partial charge in [0.2, 0.25) is 5.16 Å². The summed E-state index contributed by atoms with van der Waals surface area (Å²) < 4.78 is 1.89. The molecule has 0 aromatic carbocycles. The molecule has 0 spiro atoms. The number of H-pyrrole nitrogens is 1. The number of thioether (sulfide) groups is 1. The summed E-state index contributed by atoms with van der Waals surface area (Å²) in [4.78, 5) is 32.7. The summed E-state index contributed by atoms with van der Waals surface area (Å²) >= 11 is 2.73. The van der Waals surface area contributed by atoms with E-state index in [-0.39, 0.29) is 11.3 Å². The fourth-order valence-electron chi connectivity index (χ4n) is 3.38. The summed E-state index contributed by atoms with van der Waals surface area (Å²) in [5.74, 6) is 0.978. The Morgan fingerprint density at radius 2 is 2.15 bits per heavy atom. The van der Waals surface area contributed by atoms with Crippen molar-refractivity contribution in [3.8, 4) is 0 Å². The zero-order chi connectivity index (χ0) is 18.3. The highest BCUT2D eigenvalue weighted by Gasteiger charge is 2.22. The van der Waals surface area contributed by atoms with Gasteiger partial charge in [0.25, 0.3) is 5.56 Å². The van der Waals surface area contributed by atoms with Gasteiger partial charge < -0.3 is 4.98 Å². The second kappa shape index (κ2) is 6.92. The summed E-state index contributed by atoms with van der Waals surface area (Å²) in [6.07, 6.45) is 4.61. The molecule has 0 aliphatic heterocycles. The first-order valence-electron chi connectivity index (χ1n) is 8.48. The van der Waals surface area contributed by atoms with Crippen LogP contribution in [0, 0.1) is 6.92 Å². The first kappa shape index (κ1) is 17.3. The first-order chi connectivity index (χ1) is 12.5. The normalized spacial score (nSPS) is 15.2. The Morgan fingerprint density at radius 1 is 1.38 bits per heavy atom. The van der Waals surface area contributed by atoms with Crippen molar-refractivity contribution >= 4 is 39.1 Å². The predicted molar refractivity (Wildman–Crippen MR) is 99.9 cm³/mol. The molecule has 0 saturated heterocycles. The SMILES string of the molecule is CC(=O)c1sc2nc(CSc3nnnn3C3CCCC3)[nH]c(=O)c2c1C. The average Bonchev–Trinajstić information content (AvgIpc) is 3.32. The largest absolute Gasteiger partial charge is 0.309 e. The zero-order valence-corrected chi connectivity index (χ0v) is 16.1. The van der Waals surface area contributed by atoms with Gasteiger partial charge in [-0.05, 0) is 42.7 Å². The van der Waals surface area contributed by atoms with Crippen LogP contribution in [0.3, 0.4) is 0 Å². The third-order valence-electron chi connectivity index (χ3n) is 4.64. The van der Waals surface area contributed by atoms with E-state index >= 15 is 0 Å². The Morgan fingerprint density at radius 3 is 2.88 bits per heavy atom. The number of aromatic amines is 1. The van der Waals surface area contributed by atoms with Gasteiger partial charge >= 0.3 is 0 Å². The molecule has 1 N–H and O–H groups in total. The quantitative estimate of drug-likeness (QED) is 0.527. The summed E-state index contributed by atoms with van der Waals surface area (Å²) in [5, 5.41) is 13.3. The maximum atomic E-state index is 12.4. The summed E-state index contributed by atoms with van der Waals surface area (Å²) in [6.45, 7) is 3.29. The van der Waals surface area contributed by atoms with Gasteiger partial charge in [-0.2, -0.15) is 0 Å². The van der Waals surface area contributed by atoms with Crippen LogP contribution < -0.4 is 5.56 Å². The molecule has 0 atom stereocenters. The van der Waals surface area contributed by atoms with Crippen LogP contribution in [0.2, 0.25) is 0 Å². The molecule has 1 aliphatic rings. The number of nitrogens with one attached hydrogen (secondary N) is 1. The Hall–Kier alpha value is -2.07. The number of hydrogen-bond acceptors (Lipinski definition) is 8. The molecule has 136 valence electrons. The number of hydrogen-bond donors (Lipinski definition) is 1. The minimum atomic E-state index is -0.206. The summed E-state index contributed by atoms with van der Waals surface area (Å²) in [6, 6.07) is 0.361. The average molecular weight is 390 g/mol. The molecule has 3 aromatic heterocycles. The third-order valence-corrected chi connectivity index (χ3v) is 6.87. The topological polar surface area (TPSA) is 106 Å². The lowest BCUT2D eigenvalue weighted by molar-refractivity contribution is 0.102. The van der Waals surface area contributed by atoms with Crippen molar-refractivity contribution in [3.05, 3.63) is 26.6 Å². The van der Waals surface area contributed by atoms with Crippen LogP contribution in [-0.4, -0.2) is 36.0 Å². The number of fused-ring (bicyclic) bond motifs is 1. The standard InChI is InChI=1S/C16H18N6O2S2/c1-8-12-14(24)17-11(18-15(12)26-13(8)9(2)23)7-25-16-19-20-21-22(16)10-5-3-4-6-10/h10H,3-7H2,1-2H3,(H,17,18,24). The van der Waals surface area contributed by atoms with Crippen LogP contribution >= 0.6 is 23.1 Å². The maximum absolute atomic E-state index is 12.4. The minimum Gasteiger partial charge on any atom is -0.309 e. The summed E-state index contributed by atoms with van der Waals surface area (Å²) in [7, 11) is 0. The number of nitrogens with zero attached hydrogens (tertiary/aromatic N) is 5. The fraction of sp³-hybridized carbons (Fsp3) is 0.500. The number of aromatic nitrogens is 6. The van der Waals surface area contributed by atoms with E-state index < -0.39 is 0 Å². The van der Waals surface area contributed by atoms with E-state index in [0.29, 0.717) is 38.3 Å². The molecule has 1 aliphatic carbocycles. The number of tetrazole rings is 1. The van der Waals surface area contributed by atoms with Crippen molar-refractivity contribution in [2.24, 2.45) is 0 Å². The molecule has 26 heavy (non-hydrogen) atoms. The predicted octanol–water partition coefficient (Wildman–Crippen LogP) is 2.89. The molecule has 10 heteroatoms. The number of Topliss-reactive ketones (excluding diaryl/α,β-unsaturated/α-hetero) is 1. The molecular formula is C16H18N6O2S2. The van der Waals surface area contributed by atoms with Gasteiger partial charge in [0.05, 0.1) is 22.1 Å². The van der Waals surface area contributed by atoms with Crippen LogP contribution in [0.15, 0.2) is 9.95 Å². The molecule has 3 heterocycles. The molecule has 1 fully saturated rings. The Balaban J connectivity index is 1.60. The number of rotatable bonds is 5. The monoisotopic (exact) mass is 390 g/mol. The fourth-order valence-corrected chi connectivity index (χ4v) is 5.29. The zero-order valence-electron chi connectivity index (χ0n) is 14.5. The van der Waals surface area contributed by atoms with Gasteiger partial charge in [-0.1, -0.05) is 24.6 Å². The molecular weight excluding hydrogens is 372 g/mol. The molecule has 0 unspecified atom stereocenters. The minimum absolute atomic E-state index is 0.0448. The van der Waals surface area contributed by atoms with Crippen molar-refractivity contribution in [2.45, 2.75) is 56.5 Å². The third kappa shape index (κ3) is 3.07. The molecule has 1 saturated carbocycles. The number of thiophene rings is 1. The van der Waals surface area contributed by atoms with Crippen LogP contribution in [0.5, 0.6) is 0 Å². The number of ketones is 1. The molecule has 0 amide bonds. The molecule has 4 rings (SSSR count). The first-order valence-corrected chi connectivity index (χ1v) is 10.3. The van der Waals surface area contributed by atoms with Crippen molar-refractivity contribution < 1.29 is 4.79 Å².